The predicted octanol–water partition coefficient (Wildman–Crippen LogP) is 2.77. The Kier molecular flexibility index (Phi) is 2.87. The fourth-order valence-corrected chi connectivity index (χ4v) is 1.19. The summed E-state index contributed by atoms with van der Waals surface area (Å²) >= 11 is 5.49. The van der Waals surface area contributed by atoms with Crippen LogP contribution in [0.5, 0.6) is 17.4 Å². The molecule has 0 spiro atoms. The van der Waals surface area contributed by atoms with Crippen molar-refractivity contribution >= 4 is 11.6 Å². The van der Waals surface area contributed by atoms with Crippen molar-refractivity contribution in [3.8, 4) is 17.4 Å². The maximum absolute atomic E-state index is 13.2. The lowest BCUT2D eigenvalue weighted by Gasteiger charge is -2.05. The molecule has 1 aromatic carbocycles. The highest BCUT2D eigenvalue weighted by molar-refractivity contribution is 6.29. The Morgan fingerprint density at radius 3 is 2.69 bits per heavy atom. The van der Waals surface area contributed by atoms with Gasteiger partial charge in [-0.3, -0.25) is 0 Å². The number of hydrogen-bond donors (Lipinski definition) is 1. The molecule has 2 aromatic rings. The van der Waals surface area contributed by atoms with E-state index in [4.69, 9.17) is 16.3 Å². The monoisotopic (exact) mass is 240 g/mol. The van der Waals surface area contributed by atoms with Crippen molar-refractivity contribution in [2.75, 3.05) is 0 Å². The van der Waals surface area contributed by atoms with Crippen molar-refractivity contribution in [2.45, 2.75) is 0 Å². The maximum atomic E-state index is 13.2. The van der Waals surface area contributed by atoms with E-state index in [2.05, 4.69) is 10.2 Å². The van der Waals surface area contributed by atoms with Gasteiger partial charge >= 0.3 is 0 Å². The minimum absolute atomic E-state index is 0.0263. The Balaban J connectivity index is 2.31. The van der Waals surface area contributed by atoms with Gasteiger partial charge in [-0.1, -0.05) is 23.7 Å². The summed E-state index contributed by atoms with van der Waals surface area (Å²) in [5.41, 5.74) is 0. The van der Waals surface area contributed by atoms with Crippen molar-refractivity contribution in [3.63, 3.8) is 0 Å². The molecule has 0 radical (unpaired) electrons. The van der Waals surface area contributed by atoms with E-state index in [0.717, 1.165) is 6.07 Å². The molecule has 0 bridgehead atoms. The summed E-state index contributed by atoms with van der Waals surface area (Å²) in [6.07, 6.45) is 0. The molecule has 16 heavy (non-hydrogen) atoms. The van der Waals surface area contributed by atoms with E-state index in [0.29, 0.717) is 0 Å². The number of hydrogen-bond acceptors (Lipinski definition) is 4. The van der Waals surface area contributed by atoms with Crippen molar-refractivity contribution in [1.82, 2.24) is 10.2 Å². The quantitative estimate of drug-likeness (QED) is 0.877. The lowest BCUT2D eigenvalue weighted by Crippen LogP contribution is -1.93. The molecule has 0 fully saturated rings. The molecule has 4 nitrogen and oxygen atoms in total. The number of halogens is 2. The number of aromatic nitrogens is 2. The minimum atomic E-state index is -0.557. The number of para-hydroxylation sites is 1. The van der Waals surface area contributed by atoms with Crippen LogP contribution >= 0.6 is 11.6 Å². The van der Waals surface area contributed by atoms with Gasteiger partial charge in [-0.25, -0.2) is 4.39 Å². The van der Waals surface area contributed by atoms with Crippen LogP contribution in [0.1, 0.15) is 0 Å². The first-order valence-corrected chi connectivity index (χ1v) is 4.69. The fraction of sp³-hybridized carbons (Fsp3) is 0. The summed E-state index contributed by atoms with van der Waals surface area (Å²) in [5, 5.41) is 16.4. The number of ether oxygens (including phenoxy) is 1. The lowest BCUT2D eigenvalue weighted by molar-refractivity contribution is 0.377. The molecule has 0 saturated heterocycles. The molecule has 0 atom stereocenters. The standard InChI is InChI=1S/C10H6ClFN2O2/c11-9-5-7(15)10(14-13-9)16-8-4-2-1-3-6(8)12/h1-5H,(H,13,15). The van der Waals surface area contributed by atoms with Crippen LogP contribution in [-0.2, 0) is 0 Å². The first-order chi connectivity index (χ1) is 7.66. The van der Waals surface area contributed by atoms with Gasteiger partial charge in [-0.05, 0) is 12.1 Å². The highest BCUT2D eigenvalue weighted by Crippen LogP contribution is 2.29. The largest absolute Gasteiger partial charge is 0.503 e. The van der Waals surface area contributed by atoms with Gasteiger partial charge in [0.25, 0.3) is 5.88 Å². The van der Waals surface area contributed by atoms with Gasteiger partial charge in [0, 0.05) is 6.07 Å². The van der Waals surface area contributed by atoms with Crippen molar-refractivity contribution in [2.24, 2.45) is 0 Å². The van der Waals surface area contributed by atoms with E-state index in [-0.39, 0.29) is 22.5 Å². The molecule has 0 aliphatic carbocycles. The smallest absolute Gasteiger partial charge is 0.281 e. The van der Waals surface area contributed by atoms with Crippen molar-refractivity contribution in [1.29, 1.82) is 0 Å². The van der Waals surface area contributed by atoms with Crippen LogP contribution in [0.15, 0.2) is 30.3 Å². The third-order valence-corrected chi connectivity index (χ3v) is 1.94. The molecule has 1 aromatic heterocycles. The zero-order chi connectivity index (χ0) is 11.5. The SMILES string of the molecule is Oc1cc(Cl)nnc1Oc1ccccc1F. The Bertz CT molecular complexity index is 522. The van der Waals surface area contributed by atoms with Gasteiger partial charge in [0.1, 0.15) is 0 Å². The number of benzene rings is 1. The lowest BCUT2D eigenvalue weighted by atomic mass is 10.3. The van der Waals surface area contributed by atoms with Crippen LogP contribution in [0.4, 0.5) is 4.39 Å². The molecule has 0 saturated carbocycles. The van der Waals surface area contributed by atoms with Crippen LogP contribution in [0.2, 0.25) is 5.15 Å². The minimum Gasteiger partial charge on any atom is -0.503 e. The summed E-state index contributed by atoms with van der Waals surface area (Å²) in [6, 6.07) is 6.92. The van der Waals surface area contributed by atoms with Gasteiger partial charge in [0.2, 0.25) is 0 Å². The van der Waals surface area contributed by atoms with Gasteiger partial charge in [0.05, 0.1) is 0 Å². The van der Waals surface area contributed by atoms with Crippen LogP contribution in [0.3, 0.4) is 0 Å². The number of nitrogens with zero attached hydrogens (tertiary/aromatic N) is 2. The van der Waals surface area contributed by atoms with E-state index in [9.17, 15) is 9.50 Å². The van der Waals surface area contributed by atoms with Crippen LogP contribution in [0.25, 0.3) is 0 Å². The fourth-order valence-electron chi connectivity index (χ4n) is 1.05. The Hall–Kier alpha value is -1.88. The molecule has 1 heterocycles. The second kappa shape index (κ2) is 4.32. The van der Waals surface area contributed by atoms with Crippen LogP contribution in [-0.4, -0.2) is 15.3 Å². The van der Waals surface area contributed by atoms with E-state index in [1.807, 2.05) is 0 Å². The highest BCUT2D eigenvalue weighted by atomic mass is 35.5. The average Bonchev–Trinajstić information content (AvgIpc) is 2.25. The second-order valence-corrected chi connectivity index (χ2v) is 3.28. The van der Waals surface area contributed by atoms with E-state index < -0.39 is 5.82 Å². The highest BCUT2D eigenvalue weighted by Gasteiger charge is 2.10. The molecule has 0 amide bonds. The summed E-state index contributed by atoms with van der Waals surface area (Å²) in [6.45, 7) is 0. The zero-order valence-corrected chi connectivity index (χ0v) is 8.65. The third kappa shape index (κ3) is 2.20. The van der Waals surface area contributed by atoms with Gasteiger partial charge in [0.15, 0.2) is 22.5 Å². The number of aromatic hydroxyl groups is 1. The van der Waals surface area contributed by atoms with E-state index in [1.54, 1.807) is 6.07 Å². The summed E-state index contributed by atoms with van der Waals surface area (Å²) in [4.78, 5) is 0. The summed E-state index contributed by atoms with van der Waals surface area (Å²) < 4.78 is 18.2. The van der Waals surface area contributed by atoms with Gasteiger partial charge in [-0.15, -0.1) is 10.2 Å². The first-order valence-electron chi connectivity index (χ1n) is 4.31. The molecular formula is C10H6ClFN2O2. The Morgan fingerprint density at radius 2 is 2.00 bits per heavy atom. The summed E-state index contributed by atoms with van der Waals surface area (Å²) in [5.74, 6) is -1.11. The predicted molar refractivity (Wildman–Crippen MR) is 55.2 cm³/mol. The number of rotatable bonds is 2. The van der Waals surface area contributed by atoms with Crippen LogP contribution in [0, 0.1) is 5.82 Å². The maximum Gasteiger partial charge on any atom is 0.281 e. The first kappa shape index (κ1) is 10.6. The van der Waals surface area contributed by atoms with Crippen molar-refractivity contribution < 1.29 is 14.2 Å². The molecule has 1 N–H and O–H groups in total. The summed E-state index contributed by atoms with van der Waals surface area (Å²) in [7, 11) is 0. The van der Waals surface area contributed by atoms with Crippen LogP contribution < -0.4 is 4.74 Å². The molecular weight excluding hydrogens is 235 g/mol. The van der Waals surface area contributed by atoms with Crippen molar-refractivity contribution in [3.05, 3.63) is 41.3 Å². The van der Waals surface area contributed by atoms with Gasteiger partial charge < -0.3 is 9.84 Å². The van der Waals surface area contributed by atoms with E-state index in [1.165, 1.54) is 18.2 Å². The molecule has 0 aliphatic rings. The average molecular weight is 241 g/mol. The molecule has 82 valence electrons. The Labute approximate surface area is 95.3 Å². The van der Waals surface area contributed by atoms with Gasteiger partial charge in [-0.2, -0.15) is 0 Å². The zero-order valence-electron chi connectivity index (χ0n) is 7.89. The molecule has 0 unspecified atom stereocenters. The molecule has 0 aliphatic heterocycles. The topological polar surface area (TPSA) is 55.2 Å². The van der Waals surface area contributed by atoms with E-state index >= 15 is 0 Å². The normalized spacial score (nSPS) is 10.1. The Morgan fingerprint density at radius 1 is 1.25 bits per heavy atom. The molecule has 2 rings (SSSR count). The second-order valence-electron chi connectivity index (χ2n) is 2.89. The third-order valence-electron chi connectivity index (χ3n) is 1.75. The molecule has 6 heteroatoms.